The molecule has 0 spiro atoms. The number of methoxy groups -OCH3 is 1. The molecule has 0 bridgehead atoms. The number of hydrogen-bond donors (Lipinski definition) is 2. The van der Waals surface area contributed by atoms with Crippen molar-refractivity contribution in [2.24, 2.45) is 0 Å². The first-order valence-corrected chi connectivity index (χ1v) is 9.02. The molecule has 0 atom stereocenters. The SMILES string of the molecule is COc1ccc(NC(=O)Nc2cc(C3CC3)nn2-c2ccccc2C)cc1. The molecule has 2 amide bonds. The Balaban J connectivity index is 1.57. The van der Waals surface area contributed by atoms with Crippen LogP contribution in [0.25, 0.3) is 5.69 Å². The average molecular weight is 362 g/mol. The summed E-state index contributed by atoms with van der Waals surface area (Å²) in [5.74, 6) is 1.91. The van der Waals surface area contributed by atoms with Crippen LogP contribution in [0.4, 0.5) is 16.3 Å². The van der Waals surface area contributed by atoms with E-state index in [0.717, 1.165) is 35.5 Å². The van der Waals surface area contributed by atoms with Crippen LogP contribution in [0.3, 0.4) is 0 Å². The van der Waals surface area contributed by atoms with E-state index in [1.807, 2.05) is 41.9 Å². The molecule has 1 saturated carbocycles. The Morgan fingerprint density at radius 1 is 1.11 bits per heavy atom. The summed E-state index contributed by atoms with van der Waals surface area (Å²) < 4.78 is 6.95. The van der Waals surface area contributed by atoms with E-state index in [1.54, 1.807) is 31.4 Å². The molecule has 1 aliphatic rings. The lowest BCUT2D eigenvalue weighted by atomic mass is 10.2. The number of amides is 2. The van der Waals surface area contributed by atoms with Gasteiger partial charge < -0.3 is 10.1 Å². The summed E-state index contributed by atoms with van der Waals surface area (Å²) in [6.07, 6.45) is 2.31. The fourth-order valence-electron chi connectivity index (χ4n) is 3.00. The van der Waals surface area contributed by atoms with E-state index in [2.05, 4.69) is 10.6 Å². The quantitative estimate of drug-likeness (QED) is 0.691. The third-order valence-corrected chi connectivity index (χ3v) is 4.66. The van der Waals surface area contributed by atoms with E-state index in [0.29, 0.717) is 17.4 Å². The highest BCUT2D eigenvalue weighted by molar-refractivity contribution is 5.99. The molecule has 1 fully saturated rings. The number of carbonyl (C=O) groups is 1. The van der Waals surface area contributed by atoms with Crippen molar-refractivity contribution in [3.05, 3.63) is 65.9 Å². The van der Waals surface area contributed by atoms with Crippen molar-refractivity contribution in [3.8, 4) is 11.4 Å². The number of carbonyl (C=O) groups excluding carboxylic acids is 1. The number of urea groups is 1. The number of aromatic nitrogens is 2. The summed E-state index contributed by atoms with van der Waals surface area (Å²) in [5.41, 5.74) is 3.78. The standard InChI is InChI=1S/C21H22N4O2/c1-14-5-3-4-6-19(14)25-20(13-18(24-25)15-7-8-15)23-21(26)22-16-9-11-17(27-2)12-10-16/h3-6,9-13,15H,7-8H2,1-2H3,(H2,22,23,26). The Kier molecular flexibility index (Phi) is 4.54. The normalized spacial score (nSPS) is 13.3. The fourth-order valence-corrected chi connectivity index (χ4v) is 3.00. The maximum absolute atomic E-state index is 12.5. The second kappa shape index (κ2) is 7.15. The predicted molar refractivity (Wildman–Crippen MR) is 106 cm³/mol. The minimum absolute atomic E-state index is 0.308. The van der Waals surface area contributed by atoms with Gasteiger partial charge >= 0.3 is 6.03 Å². The minimum Gasteiger partial charge on any atom is -0.497 e. The van der Waals surface area contributed by atoms with Crippen molar-refractivity contribution >= 4 is 17.5 Å². The van der Waals surface area contributed by atoms with Gasteiger partial charge in [0.2, 0.25) is 0 Å². The number of anilines is 2. The zero-order chi connectivity index (χ0) is 18.8. The van der Waals surface area contributed by atoms with Crippen LogP contribution >= 0.6 is 0 Å². The second-order valence-corrected chi connectivity index (χ2v) is 6.73. The molecular formula is C21H22N4O2. The molecule has 138 valence electrons. The molecule has 6 nitrogen and oxygen atoms in total. The Morgan fingerprint density at radius 2 is 1.85 bits per heavy atom. The summed E-state index contributed by atoms with van der Waals surface area (Å²) in [4.78, 5) is 12.5. The molecule has 0 saturated heterocycles. The summed E-state index contributed by atoms with van der Waals surface area (Å²) in [6.45, 7) is 2.04. The summed E-state index contributed by atoms with van der Waals surface area (Å²) in [7, 11) is 1.61. The van der Waals surface area contributed by atoms with Crippen molar-refractivity contribution < 1.29 is 9.53 Å². The molecular weight excluding hydrogens is 340 g/mol. The summed E-state index contributed by atoms with van der Waals surface area (Å²) in [5, 5.41) is 10.5. The van der Waals surface area contributed by atoms with Crippen LogP contribution in [0, 0.1) is 6.92 Å². The molecule has 1 heterocycles. The first-order chi connectivity index (χ1) is 13.1. The molecule has 1 aromatic heterocycles. The monoisotopic (exact) mass is 362 g/mol. The molecule has 2 N–H and O–H groups in total. The maximum atomic E-state index is 12.5. The van der Waals surface area contributed by atoms with Gasteiger partial charge in [0.25, 0.3) is 0 Å². The van der Waals surface area contributed by atoms with Gasteiger partial charge in [0.15, 0.2) is 0 Å². The van der Waals surface area contributed by atoms with Gasteiger partial charge in [0.1, 0.15) is 11.6 Å². The molecule has 2 aromatic carbocycles. The van der Waals surface area contributed by atoms with E-state index < -0.39 is 0 Å². The van der Waals surface area contributed by atoms with Gasteiger partial charge in [-0.1, -0.05) is 18.2 Å². The molecule has 1 aliphatic carbocycles. The van der Waals surface area contributed by atoms with Gasteiger partial charge in [0, 0.05) is 17.7 Å². The van der Waals surface area contributed by atoms with Crippen molar-refractivity contribution in [3.63, 3.8) is 0 Å². The zero-order valence-corrected chi connectivity index (χ0v) is 15.4. The largest absolute Gasteiger partial charge is 0.497 e. The summed E-state index contributed by atoms with van der Waals surface area (Å²) >= 11 is 0. The van der Waals surface area contributed by atoms with Crippen LogP contribution < -0.4 is 15.4 Å². The van der Waals surface area contributed by atoms with E-state index in [1.165, 1.54) is 0 Å². The third-order valence-electron chi connectivity index (χ3n) is 4.66. The number of rotatable bonds is 5. The number of benzene rings is 2. The molecule has 6 heteroatoms. The number of aryl methyl sites for hydroxylation is 1. The Bertz CT molecular complexity index is 959. The smallest absolute Gasteiger partial charge is 0.324 e. The molecule has 4 rings (SSSR count). The number of para-hydroxylation sites is 1. The zero-order valence-electron chi connectivity index (χ0n) is 15.4. The van der Waals surface area contributed by atoms with Gasteiger partial charge in [-0.3, -0.25) is 5.32 Å². The highest BCUT2D eigenvalue weighted by atomic mass is 16.5. The van der Waals surface area contributed by atoms with E-state index in [9.17, 15) is 4.79 Å². The third kappa shape index (κ3) is 3.79. The van der Waals surface area contributed by atoms with Gasteiger partial charge in [-0.25, -0.2) is 9.48 Å². The number of hydrogen-bond acceptors (Lipinski definition) is 3. The Labute approximate surface area is 158 Å². The van der Waals surface area contributed by atoms with Crippen molar-refractivity contribution in [2.45, 2.75) is 25.7 Å². The minimum atomic E-state index is -0.308. The molecule has 0 radical (unpaired) electrons. The Morgan fingerprint density at radius 3 is 2.52 bits per heavy atom. The Hall–Kier alpha value is -3.28. The van der Waals surface area contributed by atoms with Crippen LogP contribution in [0.1, 0.15) is 30.0 Å². The number of ether oxygens (including phenoxy) is 1. The van der Waals surface area contributed by atoms with Gasteiger partial charge in [-0.05, 0) is 55.7 Å². The first kappa shape index (κ1) is 17.1. The number of nitrogens with one attached hydrogen (secondary N) is 2. The van der Waals surface area contributed by atoms with Gasteiger partial charge in [0.05, 0.1) is 18.5 Å². The lowest BCUT2D eigenvalue weighted by Gasteiger charge is -2.12. The first-order valence-electron chi connectivity index (χ1n) is 9.02. The second-order valence-electron chi connectivity index (χ2n) is 6.73. The van der Waals surface area contributed by atoms with Gasteiger partial charge in [-0.15, -0.1) is 0 Å². The van der Waals surface area contributed by atoms with Crippen LogP contribution in [0.15, 0.2) is 54.6 Å². The molecule has 3 aromatic rings. The van der Waals surface area contributed by atoms with Crippen molar-refractivity contribution in [1.29, 1.82) is 0 Å². The topological polar surface area (TPSA) is 68.2 Å². The summed E-state index contributed by atoms with van der Waals surface area (Å²) in [6, 6.07) is 16.9. The molecule has 0 aliphatic heterocycles. The van der Waals surface area contributed by atoms with Crippen LogP contribution in [0.5, 0.6) is 5.75 Å². The fraction of sp³-hybridized carbons (Fsp3) is 0.238. The predicted octanol–water partition coefficient (Wildman–Crippen LogP) is 4.71. The lowest BCUT2D eigenvalue weighted by Crippen LogP contribution is -2.21. The highest BCUT2D eigenvalue weighted by Crippen LogP contribution is 2.40. The van der Waals surface area contributed by atoms with E-state index in [4.69, 9.17) is 9.84 Å². The highest BCUT2D eigenvalue weighted by Gasteiger charge is 2.28. The van der Waals surface area contributed by atoms with E-state index >= 15 is 0 Å². The molecule has 27 heavy (non-hydrogen) atoms. The van der Waals surface area contributed by atoms with Crippen LogP contribution in [-0.4, -0.2) is 22.9 Å². The van der Waals surface area contributed by atoms with Crippen LogP contribution in [0.2, 0.25) is 0 Å². The molecule has 0 unspecified atom stereocenters. The van der Waals surface area contributed by atoms with Gasteiger partial charge in [-0.2, -0.15) is 5.10 Å². The van der Waals surface area contributed by atoms with E-state index in [-0.39, 0.29) is 6.03 Å². The average Bonchev–Trinajstić information content (AvgIpc) is 3.44. The number of nitrogens with zero attached hydrogens (tertiary/aromatic N) is 2. The maximum Gasteiger partial charge on any atom is 0.324 e. The van der Waals surface area contributed by atoms with Crippen molar-refractivity contribution in [1.82, 2.24) is 9.78 Å². The lowest BCUT2D eigenvalue weighted by molar-refractivity contribution is 0.262. The van der Waals surface area contributed by atoms with Crippen LogP contribution in [-0.2, 0) is 0 Å². The van der Waals surface area contributed by atoms with Crippen molar-refractivity contribution in [2.75, 3.05) is 17.7 Å².